The van der Waals surface area contributed by atoms with Gasteiger partial charge in [0.05, 0.1) is 7.11 Å². The van der Waals surface area contributed by atoms with Crippen LogP contribution in [0.3, 0.4) is 0 Å². The van der Waals surface area contributed by atoms with Gasteiger partial charge in [0.2, 0.25) is 0 Å². The first-order valence-electron chi connectivity index (χ1n) is 7.31. The molecule has 0 aliphatic heterocycles. The van der Waals surface area contributed by atoms with E-state index in [2.05, 4.69) is 24.5 Å². The molecule has 0 saturated heterocycles. The van der Waals surface area contributed by atoms with Crippen molar-refractivity contribution in [1.82, 2.24) is 10.6 Å². The summed E-state index contributed by atoms with van der Waals surface area (Å²) >= 11 is 0. The van der Waals surface area contributed by atoms with Gasteiger partial charge in [0.15, 0.2) is 0 Å². The predicted molar refractivity (Wildman–Crippen MR) is 86.2 cm³/mol. The zero-order valence-corrected chi connectivity index (χ0v) is 13.3. The van der Waals surface area contributed by atoms with Crippen molar-refractivity contribution in [2.45, 2.75) is 20.3 Å². The molecule has 2 N–H and O–H groups in total. The fraction of sp³-hybridized carbons (Fsp3) is 0.412. The Labute approximate surface area is 132 Å². The van der Waals surface area contributed by atoms with Crippen LogP contribution in [0.4, 0.5) is 0 Å². The first-order valence-corrected chi connectivity index (χ1v) is 7.31. The van der Waals surface area contributed by atoms with E-state index in [1.54, 1.807) is 7.11 Å². The third-order valence-corrected chi connectivity index (χ3v) is 3.00. The molecule has 0 heterocycles. The van der Waals surface area contributed by atoms with Gasteiger partial charge in [-0.25, -0.2) is 0 Å². The summed E-state index contributed by atoms with van der Waals surface area (Å²) in [7, 11) is 1.62. The molecule has 5 heteroatoms. The Balaban J connectivity index is 2.41. The maximum absolute atomic E-state index is 11.9. The van der Waals surface area contributed by atoms with Gasteiger partial charge in [-0.15, -0.1) is 0 Å². The van der Waals surface area contributed by atoms with Gasteiger partial charge in [-0.2, -0.15) is 5.26 Å². The van der Waals surface area contributed by atoms with E-state index in [1.165, 1.54) is 6.20 Å². The Hall–Kier alpha value is -2.48. The first-order chi connectivity index (χ1) is 10.6. The Kier molecular flexibility index (Phi) is 7.55. The lowest BCUT2D eigenvalue weighted by Gasteiger charge is -2.07. The number of carbonyl (C=O) groups is 1. The number of rotatable bonds is 8. The maximum Gasteiger partial charge on any atom is 0.263 e. The van der Waals surface area contributed by atoms with E-state index in [0.717, 1.165) is 17.9 Å². The number of amides is 1. The van der Waals surface area contributed by atoms with Crippen LogP contribution >= 0.6 is 0 Å². The molecule has 0 aliphatic rings. The Morgan fingerprint density at radius 1 is 1.36 bits per heavy atom. The quantitative estimate of drug-likeness (QED) is 0.569. The Bertz CT molecular complexity index is 542. The van der Waals surface area contributed by atoms with Crippen molar-refractivity contribution >= 4 is 5.91 Å². The van der Waals surface area contributed by atoms with E-state index < -0.39 is 0 Å². The van der Waals surface area contributed by atoms with Crippen LogP contribution in [0.25, 0.3) is 0 Å². The third kappa shape index (κ3) is 6.31. The number of hydrogen-bond acceptors (Lipinski definition) is 4. The standard InChI is InChI=1S/C17H23N3O2/c1-13(2)11-19-12-15(10-18)17(21)20-9-8-14-4-6-16(22-3)7-5-14/h4-7,12-13,19H,8-9,11H2,1-3H3,(H,20,21)/b15-12-. The fourth-order valence-corrected chi connectivity index (χ4v) is 1.75. The highest BCUT2D eigenvalue weighted by Crippen LogP contribution is 2.11. The minimum atomic E-state index is -0.354. The van der Waals surface area contributed by atoms with Gasteiger partial charge in [0.1, 0.15) is 17.4 Å². The number of nitriles is 1. The minimum absolute atomic E-state index is 0.0929. The largest absolute Gasteiger partial charge is 0.497 e. The van der Waals surface area contributed by atoms with E-state index in [4.69, 9.17) is 10.00 Å². The van der Waals surface area contributed by atoms with Crippen LogP contribution in [-0.2, 0) is 11.2 Å². The van der Waals surface area contributed by atoms with Gasteiger partial charge in [-0.05, 0) is 30.0 Å². The zero-order valence-electron chi connectivity index (χ0n) is 13.3. The van der Waals surface area contributed by atoms with Crippen molar-refractivity contribution in [3.05, 3.63) is 41.6 Å². The van der Waals surface area contributed by atoms with Gasteiger partial charge in [-0.3, -0.25) is 4.79 Å². The summed E-state index contributed by atoms with van der Waals surface area (Å²) in [6, 6.07) is 9.58. The van der Waals surface area contributed by atoms with Crippen LogP contribution in [0.2, 0.25) is 0 Å². The van der Waals surface area contributed by atoms with Crippen molar-refractivity contribution in [1.29, 1.82) is 5.26 Å². The highest BCUT2D eigenvalue weighted by molar-refractivity contribution is 5.97. The molecule has 0 radical (unpaired) electrons. The number of hydrogen-bond donors (Lipinski definition) is 2. The second-order valence-electron chi connectivity index (χ2n) is 5.33. The highest BCUT2D eigenvalue weighted by atomic mass is 16.5. The first kappa shape index (κ1) is 17.6. The SMILES string of the molecule is COc1ccc(CCNC(=O)/C(C#N)=C\NCC(C)C)cc1. The normalized spacial score (nSPS) is 11.0. The average molecular weight is 301 g/mol. The molecular weight excluding hydrogens is 278 g/mol. The number of nitrogens with zero attached hydrogens (tertiary/aromatic N) is 1. The van der Waals surface area contributed by atoms with Gasteiger partial charge in [0.25, 0.3) is 5.91 Å². The van der Waals surface area contributed by atoms with Crippen LogP contribution in [0.1, 0.15) is 19.4 Å². The Morgan fingerprint density at radius 3 is 2.59 bits per heavy atom. The van der Waals surface area contributed by atoms with Gasteiger partial charge >= 0.3 is 0 Å². The maximum atomic E-state index is 11.9. The molecule has 1 aromatic rings. The summed E-state index contributed by atoms with van der Waals surface area (Å²) in [6.45, 7) is 5.32. The topological polar surface area (TPSA) is 74.1 Å². The summed E-state index contributed by atoms with van der Waals surface area (Å²) in [6.07, 6.45) is 2.18. The molecule has 118 valence electrons. The molecule has 0 spiro atoms. The monoisotopic (exact) mass is 301 g/mol. The van der Waals surface area contributed by atoms with Crippen LogP contribution < -0.4 is 15.4 Å². The molecule has 0 aromatic heterocycles. The second-order valence-corrected chi connectivity index (χ2v) is 5.33. The van der Waals surface area contributed by atoms with Gasteiger partial charge < -0.3 is 15.4 Å². The number of methoxy groups -OCH3 is 1. The Morgan fingerprint density at radius 2 is 2.05 bits per heavy atom. The summed E-state index contributed by atoms with van der Waals surface area (Å²) in [5.74, 6) is 0.903. The van der Waals surface area contributed by atoms with Crippen LogP contribution in [0.5, 0.6) is 5.75 Å². The number of nitrogens with one attached hydrogen (secondary N) is 2. The van der Waals surface area contributed by atoms with Crippen molar-refractivity contribution < 1.29 is 9.53 Å². The zero-order chi connectivity index (χ0) is 16.4. The molecule has 1 amide bonds. The lowest BCUT2D eigenvalue weighted by atomic mass is 10.1. The van der Waals surface area contributed by atoms with E-state index in [0.29, 0.717) is 18.9 Å². The molecule has 0 aliphatic carbocycles. The van der Waals surface area contributed by atoms with E-state index in [1.807, 2.05) is 30.3 Å². The van der Waals surface area contributed by atoms with Gasteiger partial charge in [0, 0.05) is 19.3 Å². The van der Waals surface area contributed by atoms with Crippen LogP contribution in [-0.4, -0.2) is 26.1 Å². The summed E-state index contributed by atoms with van der Waals surface area (Å²) in [5, 5.41) is 14.7. The van der Waals surface area contributed by atoms with E-state index in [-0.39, 0.29) is 11.5 Å². The number of ether oxygens (including phenoxy) is 1. The molecule has 1 aromatic carbocycles. The van der Waals surface area contributed by atoms with Crippen molar-refractivity contribution in [3.63, 3.8) is 0 Å². The van der Waals surface area contributed by atoms with Gasteiger partial charge in [-0.1, -0.05) is 26.0 Å². The number of carbonyl (C=O) groups excluding carboxylic acids is 1. The van der Waals surface area contributed by atoms with E-state index >= 15 is 0 Å². The third-order valence-electron chi connectivity index (χ3n) is 3.00. The molecule has 0 bridgehead atoms. The van der Waals surface area contributed by atoms with E-state index in [9.17, 15) is 4.79 Å². The molecule has 0 unspecified atom stereocenters. The molecule has 5 nitrogen and oxygen atoms in total. The molecular formula is C17H23N3O2. The fourth-order valence-electron chi connectivity index (χ4n) is 1.75. The van der Waals surface area contributed by atoms with Crippen LogP contribution in [0, 0.1) is 17.2 Å². The molecule has 1 rings (SSSR count). The molecule has 0 fully saturated rings. The second kappa shape index (κ2) is 9.46. The smallest absolute Gasteiger partial charge is 0.263 e. The molecule has 0 atom stereocenters. The highest BCUT2D eigenvalue weighted by Gasteiger charge is 2.08. The summed E-state index contributed by atoms with van der Waals surface area (Å²) < 4.78 is 5.09. The summed E-state index contributed by atoms with van der Waals surface area (Å²) in [5.41, 5.74) is 1.19. The van der Waals surface area contributed by atoms with Crippen molar-refractivity contribution in [2.24, 2.45) is 5.92 Å². The average Bonchev–Trinajstić information content (AvgIpc) is 2.52. The minimum Gasteiger partial charge on any atom is -0.497 e. The lowest BCUT2D eigenvalue weighted by molar-refractivity contribution is -0.117. The van der Waals surface area contributed by atoms with Crippen molar-refractivity contribution in [3.8, 4) is 11.8 Å². The molecule has 22 heavy (non-hydrogen) atoms. The van der Waals surface area contributed by atoms with Crippen LogP contribution in [0.15, 0.2) is 36.0 Å². The van der Waals surface area contributed by atoms with Crippen molar-refractivity contribution in [2.75, 3.05) is 20.2 Å². The molecule has 0 saturated carbocycles. The predicted octanol–water partition coefficient (Wildman–Crippen LogP) is 2.01. The number of benzene rings is 1. The lowest BCUT2D eigenvalue weighted by Crippen LogP contribution is -2.28. The summed E-state index contributed by atoms with van der Waals surface area (Å²) in [4.78, 5) is 11.9.